The Morgan fingerprint density at radius 3 is 2.76 bits per heavy atom. The van der Waals surface area contributed by atoms with E-state index in [4.69, 9.17) is 0 Å². The lowest BCUT2D eigenvalue weighted by Gasteiger charge is -2.39. The van der Waals surface area contributed by atoms with Gasteiger partial charge in [-0.1, -0.05) is 37.3 Å². The van der Waals surface area contributed by atoms with Crippen LogP contribution in [0.4, 0.5) is 0 Å². The molecule has 0 spiro atoms. The molecule has 1 aromatic rings. The van der Waals surface area contributed by atoms with Crippen molar-refractivity contribution in [3.8, 4) is 0 Å². The van der Waals surface area contributed by atoms with Crippen LogP contribution in [0, 0.1) is 11.8 Å². The van der Waals surface area contributed by atoms with Gasteiger partial charge in [0.05, 0.1) is 0 Å². The van der Waals surface area contributed by atoms with Crippen molar-refractivity contribution in [2.45, 2.75) is 25.7 Å². The molecule has 3 rings (SSSR count). The summed E-state index contributed by atoms with van der Waals surface area (Å²) < 4.78 is 0. The number of hydrogen-bond donors (Lipinski definition) is 0. The third-order valence-corrected chi connectivity index (χ3v) is 4.45. The number of benzene rings is 1. The molecule has 1 saturated heterocycles. The van der Waals surface area contributed by atoms with E-state index in [2.05, 4.69) is 35.2 Å². The Labute approximate surface area is 103 Å². The molecule has 0 bridgehead atoms. The molecule has 1 amide bonds. The lowest BCUT2D eigenvalue weighted by atomic mass is 9.64. The smallest absolute Gasteiger partial charge is 0.222 e. The van der Waals surface area contributed by atoms with Crippen molar-refractivity contribution in [3.63, 3.8) is 0 Å². The van der Waals surface area contributed by atoms with E-state index in [1.54, 1.807) is 0 Å². The van der Waals surface area contributed by atoms with Crippen molar-refractivity contribution in [3.05, 3.63) is 35.9 Å². The molecule has 90 valence electrons. The van der Waals surface area contributed by atoms with Gasteiger partial charge >= 0.3 is 0 Å². The van der Waals surface area contributed by atoms with E-state index < -0.39 is 0 Å². The third kappa shape index (κ3) is 1.76. The summed E-state index contributed by atoms with van der Waals surface area (Å²) in [5.74, 6) is 2.49. The minimum Gasteiger partial charge on any atom is -0.342 e. The average Bonchev–Trinajstić information content (AvgIpc) is 2.68. The number of rotatable bonds is 2. The van der Waals surface area contributed by atoms with E-state index in [0.29, 0.717) is 24.2 Å². The predicted molar refractivity (Wildman–Crippen MR) is 67.7 cm³/mol. The number of carbonyl (C=O) groups excluding carboxylic acids is 1. The monoisotopic (exact) mass is 229 g/mol. The van der Waals surface area contributed by atoms with Crippen LogP contribution in [0.5, 0.6) is 0 Å². The highest BCUT2D eigenvalue weighted by Gasteiger charge is 2.48. The van der Waals surface area contributed by atoms with Crippen molar-refractivity contribution in [1.29, 1.82) is 0 Å². The quantitative estimate of drug-likeness (QED) is 0.763. The molecular weight excluding hydrogens is 210 g/mol. The van der Waals surface area contributed by atoms with Crippen molar-refractivity contribution in [2.75, 3.05) is 13.1 Å². The molecule has 2 nitrogen and oxygen atoms in total. The molecule has 1 aromatic carbocycles. The van der Waals surface area contributed by atoms with E-state index in [0.717, 1.165) is 19.0 Å². The van der Waals surface area contributed by atoms with Gasteiger partial charge < -0.3 is 4.90 Å². The van der Waals surface area contributed by atoms with E-state index >= 15 is 0 Å². The van der Waals surface area contributed by atoms with E-state index in [1.165, 1.54) is 12.0 Å². The lowest BCUT2D eigenvalue weighted by molar-refractivity contribution is -0.129. The van der Waals surface area contributed by atoms with Crippen molar-refractivity contribution in [2.24, 2.45) is 11.8 Å². The number of amides is 1. The van der Waals surface area contributed by atoms with Gasteiger partial charge in [0.2, 0.25) is 5.91 Å². The first-order valence-corrected chi connectivity index (χ1v) is 6.62. The Hall–Kier alpha value is -1.31. The number of likely N-dealkylation sites (tertiary alicyclic amines) is 1. The predicted octanol–water partition coefficient (Wildman–Crippen LogP) is 2.66. The maximum Gasteiger partial charge on any atom is 0.222 e. The Bertz CT molecular complexity index is 414. The minimum absolute atomic E-state index is 0.325. The number of fused-ring (bicyclic) bond motifs is 1. The summed E-state index contributed by atoms with van der Waals surface area (Å²) in [6, 6.07) is 10.8. The van der Waals surface area contributed by atoms with Crippen LogP contribution in [0.25, 0.3) is 0 Å². The summed E-state index contributed by atoms with van der Waals surface area (Å²) in [6.45, 7) is 3.94. The van der Waals surface area contributed by atoms with Gasteiger partial charge in [-0.25, -0.2) is 0 Å². The molecule has 3 atom stereocenters. The first-order chi connectivity index (χ1) is 8.29. The zero-order valence-electron chi connectivity index (χ0n) is 10.3. The van der Waals surface area contributed by atoms with Crippen LogP contribution in [0.1, 0.15) is 31.2 Å². The van der Waals surface area contributed by atoms with Gasteiger partial charge in [0.25, 0.3) is 0 Å². The molecule has 0 radical (unpaired) electrons. The molecule has 1 aliphatic carbocycles. The molecule has 0 N–H and O–H groups in total. The Morgan fingerprint density at radius 1 is 1.29 bits per heavy atom. The zero-order valence-corrected chi connectivity index (χ0v) is 10.3. The van der Waals surface area contributed by atoms with Crippen LogP contribution in [-0.4, -0.2) is 23.9 Å². The van der Waals surface area contributed by atoms with E-state index in [1.807, 2.05) is 6.92 Å². The molecule has 3 unspecified atom stereocenters. The summed E-state index contributed by atoms with van der Waals surface area (Å²) in [5, 5.41) is 0. The van der Waals surface area contributed by atoms with Gasteiger partial charge in [0.1, 0.15) is 0 Å². The summed E-state index contributed by atoms with van der Waals surface area (Å²) in [7, 11) is 0. The Kier molecular flexibility index (Phi) is 2.65. The van der Waals surface area contributed by atoms with Crippen molar-refractivity contribution >= 4 is 5.91 Å². The minimum atomic E-state index is 0.325. The summed E-state index contributed by atoms with van der Waals surface area (Å²) in [4.78, 5) is 13.8. The molecule has 1 heterocycles. The second kappa shape index (κ2) is 4.17. The zero-order chi connectivity index (χ0) is 11.8. The van der Waals surface area contributed by atoms with Crippen LogP contribution >= 0.6 is 0 Å². The Balaban J connectivity index is 1.69. The van der Waals surface area contributed by atoms with Crippen LogP contribution < -0.4 is 0 Å². The Morgan fingerprint density at radius 2 is 2.06 bits per heavy atom. The molecule has 2 fully saturated rings. The van der Waals surface area contributed by atoms with Gasteiger partial charge in [-0.2, -0.15) is 0 Å². The lowest BCUT2D eigenvalue weighted by Crippen LogP contribution is -2.33. The van der Waals surface area contributed by atoms with Crippen LogP contribution in [0.2, 0.25) is 0 Å². The first-order valence-electron chi connectivity index (χ1n) is 6.62. The van der Waals surface area contributed by atoms with Crippen LogP contribution in [0.15, 0.2) is 30.3 Å². The highest BCUT2D eigenvalue weighted by molar-refractivity contribution is 5.76. The van der Waals surface area contributed by atoms with Gasteiger partial charge in [-0.15, -0.1) is 0 Å². The fraction of sp³-hybridized carbons (Fsp3) is 0.533. The second-order valence-electron chi connectivity index (χ2n) is 5.33. The topological polar surface area (TPSA) is 20.3 Å². The fourth-order valence-corrected chi connectivity index (χ4v) is 3.42. The highest BCUT2D eigenvalue weighted by Crippen LogP contribution is 2.51. The van der Waals surface area contributed by atoms with Gasteiger partial charge in [-0.3, -0.25) is 4.79 Å². The normalized spacial score (nSPS) is 30.9. The van der Waals surface area contributed by atoms with Gasteiger partial charge in [0, 0.05) is 19.5 Å². The van der Waals surface area contributed by atoms with Crippen molar-refractivity contribution < 1.29 is 4.79 Å². The molecule has 1 aliphatic heterocycles. The highest BCUT2D eigenvalue weighted by atomic mass is 16.2. The molecule has 0 aromatic heterocycles. The molecule has 17 heavy (non-hydrogen) atoms. The largest absolute Gasteiger partial charge is 0.342 e. The van der Waals surface area contributed by atoms with Crippen molar-refractivity contribution in [1.82, 2.24) is 4.90 Å². The summed E-state index contributed by atoms with van der Waals surface area (Å²) in [6.07, 6.45) is 1.91. The first kappa shape index (κ1) is 10.8. The third-order valence-electron chi connectivity index (χ3n) is 4.45. The SMILES string of the molecule is CCC(=O)N1CC2CC(c3ccccc3)C2C1. The van der Waals surface area contributed by atoms with Crippen LogP contribution in [0.3, 0.4) is 0 Å². The standard InChI is InChI=1S/C15H19NO/c1-2-15(17)16-9-12-8-13(14(12)10-16)11-6-4-3-5-7-11/h3-7,12-14H,2,8-10H2,1H3. The molecule has 2 heteroatoms. The number of nitrogens with zero attached hydrogens (tertiary/aromatic N) is 1. The van der Waals surface area contributed by atoms with Crippen LogP contribution in [-0.2, 0) is 4.79 Å². The molecule has 1 saturated carbocycles. The maximum atomic E-state index is 11.7. The average molecular weight is 229 g/mol. The second-order valence-corrected chi connectivity index (χ2v) is 5.33. The number of carbonyl (C=O) groups is 1. The van der Waals surface area contributed by atoms with E-state index in [9.17, 15) is 4.79 Å². The molecule has 2 aliphatic rings. The summed E-state index contributed by atoms with van der Waals surface area (Å²) in [5.41, 5.74) is 1.46. The summed E-state index contributed by atoms with van der Waals surface area (Å²) >= 11 is 0. The van der Waals surface area contributed by atoms with E-state index in [-0.39, 0.29) is 0 Å². The molecular formula is C15H19NO. The number of hydrogen-bond acceptors (Lipinski definition) is 1. The fourth-order valence-electron chi connectivity index (χ4n) is 3.42. The van der Waals surface area contributed by atoms with Gasteiger partial charge in [0.15, 0.2) is 0 Å². The van der Waals surface area contributed by atoms with Gasteiger partial charge in [-0.05, 0) is 29.7 Å². The maximum absolute atomic E-state index is 11.7.